The summed E-state index contributed by atoms with van der Waals surface area (Å²) in [5, 5.41) is 0. The maximum Gasteiger partial charge on any atom is 0.169 e. The topological polar surface area (TPSA) is 116 Å². The van der Waals surface area contributed by atoms with Crippen molar-refractivity contribution in [3.63, 3.8) is 0 Å². The van der Waals surface area contributed by atoms with E-state index in [1.807, 2.05) is 14.1 Å². The largest absolute Gasteiger partial charge is 0.222 e. The number of aryl methyl sites for hydroxylation is 6. The molecule has 0 aliphatic rings. The van der Waals surface area contributed by atoms with Gasteiger partial charge in [-0.3, -0.25) is 0 Å². The van der Waals surface area contributed by atoms with Gasteiger partial charge in [-0.05, 0) is 33.4 Å². The van der Waals surface area contributed by atoms with Gasteiger partial charge in [-0.25, -0.2) is 46.0 Å². The first-order chi connectivity index (χ1) is 23.6. The van der Waals surface area contributed by atoms with Crippen LogP contribution in [0.1, 0.15) is 12.8 Å². The number of pyridine rings is 6. The van der Waals surface area contributed by atoms with Crippen molar-refractivity contribution < 1.29 is 56.3 Å². The molecule has 0 aliphatic carbocycles. The highest BCUT2D eigenvalue weighted by Gasteiger charge is 2.10. The van der Waals surface area contributed by atoms with Crippen molar-refractivity contribution in [1.82, 2.24) is 0 Å². The molecule has 250 valence electrons. The van der Waals surface area contributed by atoms with Crippen LogP contribution in [0.15, 0.2) is 147 Å². The summed E-state index contributed by atoms with van der Waals surface area (Å²) in [6.07, 6.45) is 28.0. The standard InChI is InChI=1S/C38H42N6.ClHO4/c1-39-21-5-33(6-22-39)35-9-25-41(26-10-35)17-3-19-43-29-13-37(14-30-43)38-15-31-44(32-16-38)20-4-18-42-27-11-36(12-28-42)34-7-23-40(2)24-8-34;2-1(3,4)5/h5-16,21-32H,3-4,17-20H2,1-2H3;(H,2,3,4,5)/q+6;/p-1. The van der Waals surface area contributed by atoms with Crippen molar-refractivity contribution in [1.29, 1.82) is 0 Å². The van der Waals surface area contributed by atoms with Gasteiger partial charge in [-0.2, -0.15) is 0 Å². The third-order valence-corrected chi connectivity index (χ3v) is 8.19. The van der Waals surface area contributed by atoms with Crippen LogP contribution in [0.3, 0.4) is 0 Å². The highest BCUT2D eigenvalue weighted by atomic mass is 35.7. The summed E-state index contributed by atoms with van der Waals surface area (Å²) in [6.45, 7) is 3.97. The molecule has 10 nitrogen and oxygen atoms in total. The summed E-state index contributed by atoms with van der Waals surface area (Å²) in [5.74, 6) is 0. The molecule has 0 saturated carbocycles. The van der Waals surface area contributed by atoms with Gasteiger partial charge in [-0.1, -0.05) is 0 Å². The number of halogens is 1. The van der Waals surface area contributed by atoms with E-state index in [-0.39, 0.29) is 0 Å². The predicted molar refractivity (Wildman–Crippen MR) is 168 cm³/mol. The van der Waals surface area contributed by atoms with E-state index < -0.39 is 10.2 Å². The van der Waals surface area contributed by atoms with Crippen molar-refractivity contribution in [2.24, 2.45) is 14.1 Å². The smallest absolute Gasteiger partial charge is 0.169 e. The maximum atomic E-state index is 8.49. The molecule has 0 N–H and O–H groups in total. The number of rotatable bonds is 11. The minimum atomic E-state index is -4.94. The van der Waals surface area contributed by atoms with Gasteiger partial charge in [0.25, 0.3) is 0 Å². The zero-order chi connectivity index (χ0) is 34.6. The fourth-order valence-electron chi connectivity index (χ4n) is 5.45. The van der Waals surface area contributed by atoms with Crippen molar-refractivity contribution in [2.45, 2.75) is 39.0 Å². The second kappa shape index (κ2) is 16.9. The normalized spacial score (nSPS) is 11.1. The Hall–Kier alpha value is -4.97. The Morgan fingerprint density at radius 2 is 0.510 bits per heavy atom. The lowest BCUT2D eigenvalue weighted by atomic mass is 10.1. The Morgan fingerprint density at radius 1 is 0.347 bits per heavy atom. The van der Waals surface area contributed by atoms with Crippen LogP contribution in [0.4, 0.5) is 0 Å². The maximum absolute atomic E-state index is 8.49. The zero-order valence-corrected chi connectivity index (χ0v) is 28.5. The van der Waals surface area contributed by atoms with Gasteiger partial charge in [0.1, 0.15) is 14.1 Å². The number of aromatic nitrogens is 6. The van der Waals surface area contributed by atoms with E-state index in [1.54, 1.807) is 0 Å². The van der Waals surface area contributed by atoms with E-state index in [1.165, 1.54) is 33.4 Å². The van der Waals surface area contributed by atoms with E-state index >= 15 is 0 Å². The second-order valence-electron chi connectivity index (χ2n) is 11.9. The zero-order valence-electron chi connectivity index (χ0n) is 27.8. The summed E-state index contributed by atoms with van der Waals surface area (Å²) in [5.41, 5.74) is 7.47. The molecule has 0 bridgehead atoms. The SMILES string of the molecule is C[n+]1ccc(-c2cc[n+](CCC[n+]3ccc(-c4cc[n+](CCC[n+]5ccc(-c6cc[n+](C)cc6)cc5)cc4)cc3)cc2)cc1.[O-][Cl+3]([O-])([O-])[O-]. The molecule has 0 radical (unpaired) electrons. The van der Waals surface area contributed by atoms with Crippen molar-refractivity contribution >= 4 is 0 Å². The molecule has 6 aromatic heterocycles. The van der Waals surface area contributed by atoms with Crippen LogP contribution in [-0.4, -0.2) is 0 Å². The lowest BCUT2D eigenvalue weighted by molar-refractivity contribution is -2.00. The molecule has 0 unspecified atom stereocenters. The first-order valence-electron chi connectivity index (χ1n) is 16.1. The van der Waals surface area contributed by atoms with Gasteiger partial charge in [0, 0.05) is 72.8 Å². The van der Waals surface area contributed by atoms with Gasteiger partial charge in [-0.15, -0.1) is 10.2 Å². The molecule has 6 rings (SSSR count). The highest BCUT2D eigenvalue weighted by Crippen LogP contribution is 2.17. The van der Waals surface area contributed by atoms with Crippen LogP contribution >= 0.6 is 0 Å². The number of nitrogens with zero attached hydrogens (tertiary/aromatic N) is 6. The molecule has 0 fully saturated rings. The molecule has 0 saturated heterocycles. The summed E-state index contributed by atoms with van der Waals surface area (Å²) < 4.78 is 47.2. The molecule has 0 amide bonds. The van der Waals surface area contributed by atoms with Crippen LogP contribution in [0.25, 0.3) is 33.4 Å². The first-order valence-corrected chi connectivity index (χ1v) is 17.3. The van der Waals surface area contributed by atoms with Gasteiger partial charge >= 0.3 is 0 Å². The summed E-state index contributed by atoms with van der Waals surface area (Å²) in [6, 6.07) is 26.3. The predicted octanol–water partition coefficient (Wildman–Crippen LogP) is -1.09. The molecule has 0 aliphatic heterocycles. The van der Waals surface area contributed by atoms with Gasteiger partial charge in [0.15, 0.2) is 101 Å². The fourth-order valence-corrected chi connectivity index (χ4v) is 5.45. The molecule has 6 heterocycles. The Bertz CT molecular complexity index is 1740. The van der Waals surface area contributed by atoms with E-state index in [2.05, 4.69) is 175 Å². The van der Waals surface area contributed by atoms with E-state index in [9.17, 15) is 0 Å². The van der Waals surface area contributed by atoms with Crippen LogP contribution in [0.5, 0.6) is 0 Å². The average molecular weight is 682 g/mol. The van der Waals surface area contributed by atoms with Crippen molar-refractivity contribution in [2.75, 3.05) is 0 Å². The van der Waals surface area contributed by atoms with Gasteiger partial charge in [0.05, 0.1) is 12.8 Å². The van der Waals surface area contributed by atoms with Crippen LogP contribution in [0, 0.1) is 10.2 Å². The van der Waals surface area contributed by atoms with Gasteiger partial charge in [0.2, 0.25) is 0 Å². The van der Waals surface area contributed by atoms with Crippen LogP contribution < -0.4 is 46.0 Å². The van der Waals surface area contributed by atoms with E-state index in [0.717, 1.165) is 39.0 Å². The van der Waals surface area contributed by atoms with E-state index in [4.69, 9.17) is 18.6 Å². The Balaban J connectivity index is 0.000000874. The molecule has 6 aromatic rings. The molecular formula is C38H42ClN6O4+5. The molecule has 49 heavy (non-hydrogen) atoms. The Labute approximate surface area is 289 Å². The molecule has 0 spiro atoms. The minimum Gasteiger partial charge on any atom is -0.222 e. The molecule has 11 heteroatoms. The lowest BCUT2D eigenvalue weighted by Gasteiger charge is -2.17. The third kappa shape index (κ3) is 11.6. The van der Waals surface area contributed by atoms with Crippen LogP contribution in [0.2, 0.25) is 0 Å². The first kappa shape index (κ1) is 35.3. The quantitative estimate of drug-likeness (QED) is 0.162. The summed E-state index contributed by atoms with van der Waals surface area (Å²) in [4.78, 5) is 0. The van der Waals surface area contributed by atoms with Crippen molar-refractivity contribution in [3.05, 3.63) is 147 Å². The molecule has 0 atom stereocenters. The average Bonchev–Trinajstić information content (AvgIpc) is 3.10. The number of hydrogen-bond donors (Lipinski definition) is 0. The Kier molecular flexibility index (Phi) is 12.2. The Morgan fingerprint density at radius 3 is 0.694 bits per heavy atom. The minimum absolute atomic E-state index is 0.991. The monoisotopic (exact) mass is 681 g/mol. The number of hydrogen-bond acceptors (Lipinski definition) is 4. The third-order valence-electron chi connectivity index (χ3n) is 8.19. The second-order valence-corrected chi connectivity index (χ2v) is 12.6. The lowest BCUT2D eigenvalue weighted by Crippen LogP contribution is -2.68. The van der Waals surface area contributed by atoms with Crippen LogP contribution in [-0.2, 0) is 40.3 Å². The molecule has 0 aromatic carbocycles. The van der Waals surface area contributed by atoms with Gasteiger partial charge < -0.3 is 0 Å². The van der Waals surface area contributed by atoms with Crippen molar-refractivity contribution in [3.8, 4) is 33.4 Å². The fraction of sp³-hybridized carbons (Fsp3) is 0.211. The molecular weight excluding hydrogens is 640 g/mol. The summed E-state index contributed by atoms with van der Waals surface area (Å²) >= 11 is 0. The highest BCUT2D eigenvalue weighted by molar-refractivity contribution is 5.62. The van der Waals surface area contributed by atoms with E-state index in [0.29, 0.717) is 0 Å². The summed E-state index contributed by atoms with van der Waals surface area (Å²) in [7, 11) is -0.861.